The molecule has 0 fully saturated rings. The highest BCUT2D eigenvalue weighted by molar-refractivity contribution is 7.98. The van der Waals surface area contributed by atoms with Crippen LogP contribution in [0.4, 0.5) is 8.78 Å². The second-order valence-electron chi connectivity index (χ2n) is 3.05. The smallest absolute Gasteiger partial charge is 0.253 e. The second kappa shape index (κ2) is 5.32. The molecule has 1 aromatic carbocycles. The van der Waals surface area contributed by atoms with Gasteiger partial charge in [-0.25, -0.2) is 8.78 Å². The van der Waals surface area contributed by atoms with Gasteiger partial charge in [-0.3, -0.25) is 0 Å². The van der Waals surface area contributed by atoms with E-state index in [1.165, 1.54) is 0 Å². The molecule has 0 bridgehead atoms. The van der Waals surface area contributed by atoms with Crippen molar-refractivity contribution in [2.45, 2.75) is 23.8 Å². The molecule has 0 radical (unpaired) electrons. The zero-order valence-electron chi connectivity index (χ0n) is 7.91. The van der Waals surface area contributed by atoms with Crippen LogP contribution in [0.2, 0.25) is 0 Å². The minimum absolute atomic E-state index is 0.228. The van der Waals surface area contributed by atoms with E-state index in [1.807, 2.05) is 30.5 Å². The molecule has 1 aromatic rings. The van der Waals surface area contributed by atoms with Crippen LogP contribution in [0.25, 0.3) is 0 Å². The lowest BCUT2D eigenvalue weighted by atomic mass is 10.1. The molecule has 0 spiro atoms. The van der Waals surface area contributed by atoms with Crippen molar-refractivity contribution in [1.82, 2.24) is 0 Å². The SMILES string of the molecule is CSc1ccc(CC(N)C(F)F)cc1. The van der Waals surface area contributed by atoms with Crippen LogP contribution >= 0.6 is 11.8 Å². The van der Waals surface area contributed by atoms with Crippen molar-refractivity contribution < 1.29 is 8.78 Å². The number of hydrogen-bond donors (Lipinski definition) is 1. The number of alkyl halides is 2. The first-order valence-electron chi connectivity index (χ1n) is 4.30. The number of thioether (sulfide) groups is 1. The second-order valence-corrected chi connectivity index (χ2v) is 3.93. The summed E-state index contributed by atoms with van der Waals surface area (Å²) < 4.78 is 24.3. The molecule has 0 aliphatic heterocycles. The molecule has 1 atom stereocenters. The van der Waals surface area contributed by atoms with E-state index in [1.54, 1.807) is 11.8 Å². The average molecular weight is 217 g/mol. The molecular formula is C10H13F2NS. The monoisotopic (exact) mass is 217 g/mol. The number of halogens is 2. The van der Waals surface area contributed by atoms with Gasteiger partial charge in [0.2, 0.25) is 0 Å². The highest BCUT2D eigenvalue weighted by Crippen LogP contribution is 2.16. The summed E-state index contributed by atoms with van der Waals surface area (Å²) in [6, 6.07) is 6.45. The highest BCUT2D eigenvalue weighted by atomic mass is 32.2. The molecule has 0 heterocycles. The van der Waals surface area contributed by atoms with Gasteiger partial charge in [-0.15, -0.1) is 11.8 Å². The number of benzene rings is 1. The Balaban J connectivity index is 2.59. The molecule has 0 aliphatic carbocycles. The Kier molecular flexibility index (Phi) is 4.35. The van der Waals surface area contributed by atoms with Crippen LogP contribution in [0.15, 0.2) is 29.2 Å². The molecule has 2 N–H and O–H groups in total. The molecule has 1 nitrogen and oxygen atoms in total. The van der Waals surface area contributed by atoms with Crippen LogP contribution in [0.1, 0.15) is 5.56 Å². The van der Waals surface area contributed by atoms with Gasteiger partial charge in [0.25, 0.3) is 6.43 Å². The lowest BCUT2D eigenvalue weighted by molar-refractivity contribution is 0.116. The summed E-state index contributed by atoms with van der Waals surface area (Å²) in [5, 5.41) is 0. The van der Waals surface area contributed by atoms with Crippen LogP contribution in [-0.2, 0) is 6.42 Å². The molecule has 1 rings (SSSR count). The van der Waals surface area contributed by atoms with Crippen molar-refractivity contribution in [1.29, 1.82) is 0 Å². The minimum atomic E-state index is -2.45. The third-order valence-corrected chi connectivity index (χ3v) is 2.70. The molecule has 14 heavy (non-hydrogen) atoms. The van der Waals surface area contributed by atoms with Gasteiger partial charge >= 0.3 is 0 Å². The molecule has 0 aliphatic rings. The number of nitrogens with two attached hydrogens (primary N) is 1. The van der Waals surface area contributed by atoms with Crippen molar-refractivity contribution >= 4 is 11.8 Å². The topological polar surface area (TPSA) is 26.0 Å². The first-order valence-corrected chi connectivity index (χ1v) is 5.52. The number of rotatable bonds is 4. The minimum Gasteiger partial charge on any atom is -0.323 e. The van der Waals surface area contributed by atoms with Crippen molar-refractivity contribution in [2.75, 3.05) is 6.26 Å². The van der Waals surface area contributed by atoms with Crippen LogP contribution in [-0.4, -0.2) is 18.7 Å². The van der Waals surface area contributed by atoms with Crippen LogP contribution in [0.3, 0.4) is 0 Å². The Morgan fingerprint density at radius 2 is 1.86 bits per heavy atom. The van der Waals surface area contributed by atoms with Gasteiger partial charge in [0.1, 0.15) is 0 Å². The predicted molar refractivity (Wildman–Crippen MR) is 55.9 cm³/mol. The molecule has 0 amide bonds. The standard InChI is InChI=1S/C10H13F2NS/c1-14-8-4-2-7(3-5-8)6-9(13)10(11)12/h2-5,9-10H,6,13H2,1H3. The first-order chi connectivity index (χ1) is 6.63. The molecular weight excluding hydrogens is 204 g/mol. The third kappa shape index (κ3) is 3.27. The summed E-state index contributed by atoms with van der Waals surface area (Å²) in [4.78, 5) is 1.12. The first kappa shape index (κ1) is 11.5. The Hall–Kier alpha value is -0.610. The summed E-state index contributed by atoms with van der Waals surface area (Å²) in [5.74, 6) is 0. The third-order valence-electron chi connectivity index (χ3n) is 1.95. The molecule has 1 unspecified atom stereocenters. The zero-order valence-corrected chi connectivity index (χ0v) is 8.73. The Bertz CT molecular complexity index is 274. The van der Waals surface area contributed by atoms with Gasteiger partial charge in [-0.05, 0) is 30.4 Å². The van der Waals surface area contributed by atoms with E-state index in [0.29, 0.717) is 0 Å². The van der Waals surface area contributed by atoms with E-state index in [2.05, 4.69) is 0 Å². The average Bonchev–Trinajstić information content (AvgIpc) is 2.19. The zero-order chi connectivity index (χ0) is 10.6. The van der Waals surface area contributed by atoms with E-state index in [9.17, 15) is 8.78 Å². The van der Waals surface area contributed by atoms with Crippen LogP contribution in [0.5, 0.6) is 0 Å². The lowest BCUT2D eigenvalue weighted by Gasteiger charge is -2.10. The number of hydrogen-bond acceptors (Lipinski definition) is 2. The Morgan fingerprint density at radius 3 is 2.29 bits per heavy atom. The van der Waals surface area contributed by atoms with E-state index in [4.69, 9.17) is 5.73 Å². The summed E-state index contributed by atoms with van der Waals surface area (Å²) in [6.45, 7) is 0. The van der Waals surface area contributed by atoms with Gasteiger partial charge in [0.05, 0.1) is 6.04 Å². The van der Waals surface area contributed by atoms with Gasteiger partial charge in [0, 0.05) is 4.90 Å². The van der Waals surface area contributed by atoms with Crippen molar-refractivity contribution in [2.24, 2.45) is 5.73 Å². The molecule has 0 aromatic heterocycles. The van der Waals surface area contributed by atoms with Crippen molar-refractivity contribution in [3.8, 4) is 0 Å². The fraction of sp³-hybridized carbons (Fsp3) is 0.400. The van der Waals surface area contributed by atoms with E-state index < -0.39 is 12.5 Å². The van der Waals surface area contributed by atoms with Gasteiger partial charge in [0.15, 0.2) is 0 Å². The fourth-order valence-corrected chi connectivity index (χ4v) is 1.53. The Labute approximate surface area is 86.7 Å². The van der Waals surface area contributed by atoms with E-state index >= 15 is 0 Å². The summed E-state index contributed by atoms with van der Waals surface area (Å²) in [5.41, 5.74) is 6.12. The predicted octanol–water partition coefficient (Wildman–Crippen LogP) is 2.54. The quantitative estimate of drug-likeness (QED) is 0.784. The molecule has 0 saturated carbocycles. The van der Waals surface area contributed by atoms with Gasteiger partial charge < -0.3 is 5.73 Å². The highest BCUT2D eigenvalue weighted by Gasteiger charge is 2.15. The van der Waals surface area contributed by atoms with Gasteiger partial charge in [-0.1, -0.05) is 12.1 Å². The van der Waals surface area contributed by atoms with Gasteiger partial charge in [-0.2, -0.15) is 0 Å². The van der Waals surface area contributed by atoms with Crippen LogP contribution < -0.4 is 5.73 Å². The summed E-state index contributed by atoms with van der Waals surface area (Å²) in [6.07, 6.45) is -0.248. The maximum atomic E-state index is 12.1. The summed E-state index contributed by atoms with van der Waals surface area (Å²) >= 11 is 1.62. The van der Waals surface area contributed by atoms with Crippen LogP contribution in [0, 0.1) is 0 Å². The molecule has 0 saturated heterocycles. The van der Waals surface area contributed by atoms with E-state index in [0.717, 1.165) is 10.5 Å². The molecule has 78 valence electrons. The Morgan fingerprint density at radius 1 is 1.29 bits per heavy atom. The summed E-state index contributed by atoms with van der Waals surface area (Å²) in [7, 11) is 0. The van der Waals surface area contributed by atoms with Crippen molar-refractivity contribution in [3.05, 3.63) is 29.8 Å². The largest absolute Gasteiger partial charge is 0.323 e. The normalized spacial score (nSPS) is 13.2. The van der Waals surface area contributed by atoms with E-state index in [-0.39, 0.29) is 6.42 Å². The lowest BCUT2D eigenvalue weighted by Crippen LogP contribution is -2.30. The fourth-order valence-electron chi connectivity index (χ4n) is 1.12. The maximum absolute atomic E-state index is 12.1. The molecule has 4 heteroatoms. The maximum Gasteiger partial charge on any atom is 0.253 e. The van der Waals surface area contributed by atoms with Crippen molar-refractivity contribution in [3.63, 3.8) is 0 Å².